The maximum Gasteiger partial charge on any atom is 0.327 e. The highest BCUT2D eigenvalue weighted by Gasteiger charge is 2.35. The number of rotatable bonds is 40. The normalized spacial score (nSPS) is 12.3. The second kappa shape index (κ2) is 37.6. The summed E-state index contributed by atoms with van der Waals surface area (Å²) in [6.07, 6.45) is 41.9. The Balaban J connectivity index is 3.70. The van der Waals surface area contributed by atoms with Crippen LogP contribution < -0.4 is 0 Å². The molecule has 1 N–H and O–H groups in total. The van der Waals surface area contributed by atoms with Gasteiger partial charge in [-0.25, -0.2) is 0 Å². The van der Waals surface area contributed by atoms with Crippen LogP contribution in [-0.4, -0.2) is 43.4 Å². The predicted octanol–water partition coefficient (Wildman–Crippen LogP) is 13.0. The van der Waals surface area contributed by atoms with E-state index in [1.807, 2.05) is 0 Å². The molecule has 0 spiro atoms. The highest BCUT2D eigenvalue weighted by molar-refractivity contribution is 7.87. The minimum atomic E-state index is -4.77. The summed E-state index contributed by atoms with van der Waals surface area (Å²) < 4.78 is 43.4. The fourth-order valence-electron chi connectivity index (χ4n) is 6.63. The standard InChI is InChI=1S/C42H82O7S/c1-3-5-7-9-11-13-15-17-19-21-22-24-26-28-30-32-34-36-38-49-42(44)40(50(45,46)47)39-41(43)48-37-35-33-31-29-27-25-23-20-18-16-14-12-10-8-6-4-2/h40H,3-39H2,1-2H3,(H,45,46,47). The summed E-state index contributed by atoms with van der Waals surface area (Å²) in [5.41, 5.74) is 0. The molecule has 7 nitrogen and oxygen atoms in total. The molecule has 1 atom stereocenters. The van der Waals surface area contributed by atoms with Crippen molar-refractivity contribution in [3.05, 3.63) is 0 Å². The second-order valence-electron chi connectivity index (χ2n) is 14.9. The third-order valence-electron chi connectivity index (χ3n) is 9.98. The molecule has 0 aliphatic carbocycles. The maximum absolute atomic E-state index is 12.4. The van der Waals surface area contributed by atoms with Crippen molar-refractivity contribution in [2.75, 3.05) is 13.2 Å². The molecule has 298 valence electrons. The van der Waals surface area contributed by atoms with Gasteiger partial charge in [-0.1, -0.05) is 219 Å². The van der Waals surface area contributed by atoms with Gasteiger partial charge in [-0.2, -0.15) is 8.42 Å². The van der Waals surface area contributed by atoms with Gasteiger partial charge in [-0.05, 0) is 12.8 Å². The summed E-state index contributed by atoms with van der Waals surface area (Å²) in [4.78, 5) is 24.6. The van der Waals surface area contributed by atoms with Crippen LogP contribution in [0.4, 0.5) is 0 Å². The molecule has 0 bridgehead atoms. The van der Waals surface area contributed by atoms with E-state index < -0.39 is 33.7 Å². The summed E-state index contributed by atoms with van der Waals surface area (Å²) in [6.45, 7) is 4.79. The Kier molecular flexibility index (Phi) is 36.7. The van der Waals surface area contributed by atoms with Crippen molar-refractivity contribution in [2.24, 2.45) is 0 Å². The van der Waals surface area contributed by atoms with E-state index in [4.69, 9.17) is 9.47 Å². The molecule has 50 heavy (non-hydrogen) atoms. The molecular weight excluding hydrogens is 649 g/mol. The largest absolute Gasteiger partial charge is 0.466 e. The van der Waals surface area contributed by atoms with Crippen LogP contribution in [-0.2, 0) is 29.2 Å². The summed E-state index contributed by atoms with van der Waals surface area (Å²) in [6, 6.07) is 0. The number of ether oxygens (including phenoxy) is 2. The highest BCUT2D eigenvalue weighted by atomic mass is 32.2. The van der Waals surface area contributed by atoms with Crippen molar-refractivity contribution in [3.8, 4) is 0 Å². The van der Waals surface area contributed by atoms with Gasteiger partial charge in [0.15, 0.2) is 5.25 Å². The Hall–Kier alpha value is -1.15. The van der Waals surface area contributed by atoms with E-state index in [0.717, 1.165) is 32.1 Å². The molecule has 0 rings (SSSR count). The van der Waals surface area contributed by atoms with Crippen LogP contribution >= 0.6 is 0 Å². The van der Waals surface area contributed by atoms with Gasteiger partial charge >= 0.3 is 11.9 Å². The Morgan fingerprint density at radius 2 is 0.660 bits per heavy atom. The number of carbonyl (C=O) groups excluding carboxylic acids is 2. The first-order chi connectivity index (χ1) is 24.3. The fraction of sp³-hybridized carbons (Fsp3) is 0.952. The van der Waals surface area contributed by atoms with Crippen LogP contribution in [0.5, 0.6) is 0 Å². The van der Waals surface area contributed by atoms with Gasteiger partial charge in [0.25, 0.3) is 10.1 Å². The zero-order valence-electron chi connectivity index (χ0n) is 33.0. The van der Waals surface area contributed by atoms with Crippen LogP contribution in [0.2, 0.25) is 0 Å². The lowest BCUT2D eigenvalue weighted by molar-refractivity contribution is -0.150. The van der Waals surface area contributed by atoms with Crippen molar-refractivity contribution in [1.29, 1.82) is 0 Å². The van der Waals surface area contributed by atoms with E-state index in [1.165, 1.54) is 173 Å². The molecule has 0 aromatic heterocycles. The van der Waals surface area contributed by atoms with E-state index in [9.17, 15) is 22.6 Å². The van der Waals surface area contributed by atoms with Crippen molar-refractivity contribution in [1.82, 2.24) is 0 Å². The molecular formula is C42H82O7S. The first-order valence-corrected chi connectivity index (χ1v) is 23.1. The summed E-state index contributed by atoms with van der Waals surface area (Å²) in [5, 5.41) is -1.93. The molecule has 8 heteroatoms. The molecule has 0 saturated heterocycles. The lowest BCUT2D eigenvalue weighted by atomic mass is 10.0. The molecule has 0 fully saturated rings. The Bertz CT molecular complexity index is 845. The first kappa shape index (κ1) is 48.9. The molecule has 1 unspecified atom stereocenters. The smallest absolute Gasteiger partial charge is 0.327 e. The Morgan fingerprint density at radius 1 is 0.420 bits per heavy atom. The van der Waals surface area contributed by atoms with Gasteiger partial charge in [0.05, 0.1) is 19.6 Å². The molecule has 0 aromatic rings. The van der Waals surface area contributed by atoms with Gasteiger partial charge in [0.1, 0.15) is 0 Å². The van der Waals surface area contributed by atoms with E-state index in [0.29, 0.717) is 12.8 Å². The topological polar surface area (TPSA) is 107 Å². The van der Waals surface area contributed by atoms with Crippen molar-refractivity contribution >= 4 is 22.1 Å². The average molecular weight is 731 g/mol. The number of carbonyl (C=O) groups is 2. The van der Waals surface area contributed by atoms with Crippen LogP contribution in [0, 0.1) is 0 Å². The Labute approximate surface area is 310 Å². The monoisotopic (exact) mass is 731 g/mol. The van der Waals surface area contributed by atoms with Gasteiger partial charge < -0.3 is 9.47 Å². The summed E-state index contributed by atoms with van der Waals surface area (Å²) in [5.74, 6) is -1.89. The molecule has 0 radical (unpaired) electrons. The summed E-state index contributed by atoms with van der Waals surface area (Å²) >= 11 is 0. The summed E-state index contributed by atoms with van der Waals surface area (Å²) in [7, 11) is -4.77. The Morgan fingerprint density at radius 3 is 0.920 bits per heavy atom. The van der Waals surface area contributed by atoms with Gasteiger partial charge in [-0.3, -0.25) is 14.1 Å². The fourth-order valence-corrected chi connectivity index (χ4v) is 7.28. The predicted molar refractivity (Wildman–Crippen MR) is 210 cm³/mol. The highest BCUT2D eigenvalue weighted by Crippen LogP contribution is 2.16. The third-order valence-corrected chi connectivity index (χ3v) is 11.1. The average Bonchev–Trinajstić information content (AvgIpc) is 3.09. The van der Waals surface area contributed by atoms with Crippen LogP contribution in [0.3, 0.4) is 0 Å². The minimum Gasteiger partial charge on any atom is -0.466 e. The quantitative estimate of drug-likeness (QED) is 0.0380. The van der Waals surface area contributed by atoms with Crippen LogP contribution in [0.15, 0.2) is 0 Å². The van der Waals surface area contributed by atoms with Gasteiger partial charge in [0, 0.05) is 0 Å². The second-order valence-corrected chi connectivity index (χ2v) is 16.5. The first-order valence-electron chi connectivity index (χ1n) is 21.6. The molecule has 0 saturated carbocycles. The van der Waals surface area contributed by atoms with Crippen molar-refractivity contribution in [2.45, 2.75) is 244 Å². The van der Waals surface area contributed by atoms with Gasteiger partial charge in [-0.15, -0.1) is 0 Å². The van der Waals surface area contributed by atoms with Crippen molar-refractivity contribution in [3.63, 3.8) is 0 Å². The third kappa shape index (κ3) is 35.3. The zero-order valence-corrected chi connectivity index (χ0v) is 33.9. The minimum absolute atomic E-state index is 0.0812. The van der Waals surface area contributed by atoms with Crippen LogP contribution in [0.25, 0.3) is 0 Å². The maximum atomic E-state index is 12.4. The molecule has 0 heterocycles. The van der Waals surface area contributed by atoms with E-state index in [-0.39, 0.29) is 13.2 Å². The number of hydrogen-bond donors (Lipinski definition) is 1. The zero-order chi connectivity index (χ0) is 36.8. The van der Waals surface area contributed by atoms with Crippen LogP contribution in [0.1, 0.15) is 239 Å². The number of esters is 2. The molecule has 0 aliphatic rings. The van der Waals surface area contributed by atoms with E-state index in [2.05, 4.69) is 13.8 Å². The SMILES string of the molecule is CCCCCCCCCCCCCCCCCCCCOC(=O)C(CC(=O)OCCCCCCCCCCCCCCCCCC)S(=O)(=O)O. The number of unbranched alkanes of at least 4 members (excludes halogenated alkanes) is 32. The van der Waals surface area contributed by atoms with Crippen molar-refractivity contribution < 1.29 is 32.0 Å². The van der Waals surface area contributed by atoms with Gasteiger partial charge in [0.2, 0.25) is 0 Å². The van der Waals surface area contributed by atoms with E-state index >= 15 is 0 Å². The molecule has 0 aromatic carbocycles. The molecule has 0 aliphatic heterocycles. The lowest BCUT2D eigenvalue weighted by Gasteiger charge is -2.13. The lowest BCUT2D eigenvalue weighted by Crippen LogP contribution is -2.34. The van der Waals surface area contributed by atoms with E-state index in [1.54, 1.807) is 0 Å². The number of hydrogen-bond acceptors (Lipinski definition) is 6. The molecule has 0 amide bonds.